The Morgan fingerprint density at radius 1 is 1.36 bits per heavy atom. The van der Waals surface area contributed by atoms with Gasteiger partial charge in [-0.2, -0.15) is 5.10 Å². The van der Waals surface area contributed by atoms with Crippen molar-refractivity contribution in [1.82, 2.24) is 20.0 Å². The molecule has 0 spiro atoms. The number of nitrogens with one attached hydrogen (secondary N) is 1. The average molecular weight is 344 g/mol. The molecule has 2 amide bonds. The molecule has 0 saturated carbocycles. The van der Waals surface area contributed by atoms with Crippen LogP contribution in [0.4, 0.5) is 0 Å². The molecule has 7 nitrogen and oxygen atoms in total. The van der Waals surface area contributed by atoms with Gasteiger partial charge in [-0.15, -0.1) is 0 Å². The molecule has 2 aromatic rings. The maximum atomic E-state index is 12.5. The van der Waals surface area contributed by atoms with Crippen LogP contribution in [0.5, 0.6) is 0 Å². The fourth-order valence-electron chi connectivity index (χ4n) is 3.26. The Balaban J connectivity index is 1.53. The van der Waals surface area contributed by atoms with Crippen LogP contribution in [0.25, 0.3) is 0 Å². The van der Waals surface area contributed by atoms with Crippen molar-refractivity contribution in [1.29, 1.82) is 0 Å². The van der Waals surface area contributed by atoms with Crippen LogP contribution in [0.2, 0.25) is 0 Å². The molecule has 0 aromatic carbocycles. The lowest BCUT2D eigenvalue weighted by Gasteiger charge is -2.31. The van der Waals surface area contributed by atoms with E-state index < -0.39 is 0 Å². The maximum absolute atomic E-state index is 12.5. The van der Waals surface area contributed by atoms with E-state index in [9.17, 15) is 9.59 Å². The maximum Gasteiger partial charge on any atom is 0.257 e. The predicted octanol–water partition coefficient (Wildman–Crippen LogP) is 2.05. The van der Waals surface area contributed by atoms with E-state index in [2.05, 4.69) is 10.4 Å². The van der Waals surface area contributed by atoms with Crippen LogP contribution in [-0.4, -0.2) is 39.6 Å². The van der Waals surface area contributed by atoms with E-state index in [4.69, 9.17) is 4.42 Å². The summed E-state index contributed by atoms with van der Waals surface area (Å²) in [5, 5.41) is 7.31. The van der Waals surface area contributed by atoms with E-state index in [1.54, 1.807) is 21.8 Å². The van der Waals surface area contributed by atoms with Gasteiger partial charge in [0.25, 0.3) is 5.91 Å². The zero-order valence-corrected chi connectivity index (χ0v) is 14.9. The highest BCUT2D eigenvalue weighted by Crippen LogP contribution is 2.22. The van der Waals surface area contributed by atoms with Crippen LogP contribution in [0.1, 0.15) is 47.4 Å². The molecule has 0 radical (unpaired) electrons. The van der Waals surface area contributed by atoms with Crippen molar-refractivity contribution in [2.24, 2.45) is 13.0 Å². The lowest BCUT2D eigenvalue weighted by atomic mass is 9.95. The quantitative estimate of drug-likeness (QED) is 0.920. The van der Waals surface area contributed by atoms with Crippen LogP contribution in [-0.2, 0) is 11.8 Å². The van der Waals surface area contributed by atoms with E-state index in [-0.39, 0.29) is 23.8 Å². The molecule has 3 heterocycles. The monoisotopic (exact) mass is 344 g/mol. The first kappa shape index (κ1) is 17.3. The molecule has 7 heteroatoms. The van der Waals surface area contributed by atoms with Gasteiger partial charge in [-0.25, -0.2) is 0 Å². The van der Waals surface area contributed by atoms with Gasteiger partial charge in [-0.1, -0.05) is 0 Å². The van der Waals surface area contributed by atoms with Crippen molar-refractivity contribution in [2.75, 3.05) is 13.1 Å². The number of nitrogens with zero attached hydrogens (tertiary/aromatic N) is 3. The van der Waals surface area contributed by atoms with Crippen molar-refractivity contribution in [3.63, 3.8) is 0 Å². The number of likely N-dealkylation sites (tertiary alicyclic amines) is 1. The van der Waals surface area contributed by atoms with Gasteiger partial charge in [0, 0.05) is 37.3 Å². The summed E-state index contributed by atoms with van der Waals surface area (Å²) in [6, 6.07) is 1.59. The van der Waals surface area contributed by atoms with E-state index in [1.807, 2.05) is 20.9 Å². The highest BCUT2D eigenvalue weighted by Gasteiger charge is 2.29. The molecule has 0 bridgehead atoms. The molecule has 134 valence electrons. The van der Waals surface area contributed by atoms with Gasteiger partial charge in [0.15, 0.2) is 0 Å². The normalized spacial score (nSPS) is 16.7. The third-order valence-corrected chi connectivity index (χ3v) is 5.02. The second-order valence-electron chi connectivity index (χ2n) is 6.62. The molecule has 1 aliphatic heterocycles. The van der Waals surface area contributed by atoms with Gasteiger partial charge in [-0.05, 0) is 32.8 Å². The lowest BCUT2D eigenvalue weighted by molar-refractivity contribution is -0.127. The Labute approximate surface area is 147 Å². The summed E-state index contributed by atoms with van der Waals surface area (Å²) in [4.78, 5) is 26.6. The summed E-state index contributed by atoms with van der Waals surface area (Å²) in [5.41, 5.74) is 2.64. The van der Waals surface area contributed by atoms with Crippen molar-refractivity contribution in [3.8, 4) is 0 Å². The van der Waals surface area contributed by atoms with Crippen LogP contribution < -0.4 is 5.32 Å². The minimum absolute atomic E-state index is 0.0352. The number of amides is 2. The fraction of sp³-hybridized carbons (Fsp3) is 0.500. The number of furan rings is 1. The minimum atomic E-state index is -0.0770. The van der Waals surface area contributed by atoms with Gasteiger partial charge in [0.05, 0.1) is 24.1 Å². The van der Waals surface area contributed by atoms with Crippen LogP contribution in [0.15, 0.2) is 29.2 Å². The summed E-state index contributed by atoms with van der Waals surface area (Å²) >= 11 is 0. The Morgan fingerprint density at radius 2 is 2.08 bits per heavy atom. The van der Waals surface area contributed by atoms with Crippen molar-refractivity contribution in [2.45, 2.75) is 32.7 Å². The van der Waals surface area contributed by atoms with Gasteiger partial charge in [-0.3, -0.25) is 14.3 Å². The average Bonchev–Trinajstić information content (AvgIpc) is 3.25. The molecule has 1 N–H and O–H groups in total. The zero-order chi connectivity index (χ0) is 18.0. The first-order valence-electron chi connectivity index (χ1n) is 8.57. The molecule has 3 rings (SSSR count). The first-order chi connectivity index (χ1) is 12.0. The zero-order valence-electron chi connectivity index (χ0n) is 14.9. The summed E-state index contributed by atoms with van der Waals surface area (Å²) in [7, 11) is 1.89. The summed E-state index contributed by atoms with van der Waals surface area (Å²) in [5.74, 6) is -0.0500. The first-order valence-corrected chi connectivity index (χ1v) is 8.57. The Hall–Kier alpha value is -2.57. The molecule has 1 atom stereocenters. The number of hydrogen-bond donors (Lipinski definition) is 1. The highest BCUT2D eigenvalue weighted by molar-refractivity contribution is 5.94. The molecular formula is C18H24N4O3. The van der Waals surface area contributed by atoms with Crippen LogP contribution >= 0.6 is 0 Å². The number of aryl methyl sites for hydroxylation is 1. The van der Waals surface area contributed by atoms with Gasteiger partial charge in [0.2, 0.25) is 5.91 Å². The highest BCUT2D eigenvalue weighted by atomic mass is 16.3. The van der Waals surface area contributed by atoms with E-state index in [0.717, 1.165) is 11.3 Å². The smallest absolute Gasteiger partial charge is 0.257 e. The van der Waals surface area contributed by atoms with E-state index in [0.29, 0.717) is 31.5 Å². The van der Waals surface area contributed by atoms with Gasteiger partial charge < -0.3 is 14.6 Å². The minimum Gasteiger partial charge on any atom is -0.472 e. The van der Waals surface area contributed by atoms with E-state index >= 15 is 0 Å². The number of piperidine rings is 1. The summed E-state index contributed by atoms with van der Waals surface area (Å²) < 4.78 is 6.77. The summed E-state index contributed by atoms with van der Waals surface area (Å²) in [6.07, 6.45) is 6.10. The second kappa shape index (κ2) is 7.13. The van der Waals surface area contributed by atoms with Gasteiger partial charge >= 0.3 is 0 Å². The number of aromatic nitrogens is 2. The molecular weight excluding hydrogens is 320 g/mol. The molecule has 25 heavy (non-hydrogen) atoms. The number of carbonyl (C=O) groups excluding carboxylic acids is 2. The Kier molecular flexibility index (Phi) is 4.92. The van der Waals surface area contributed by atoms with Crippen molar-refractivity contribution < 1.29 is 14.0 Å². The topological polar surface area (TPSA) is 80.4 Å². The molecule has 0 aliphatic carbocycles. The molecule has 2 aromatic heterocycles. The third kappa shape index (κ3) is 3.60. The molecule has 1 fully saturated rings. The summed E-state index contributed by atoms with van der Waals surface area (Å²) in [6.45, 7) is 5.13. The lowest BCUT2D eigenvalue weighted by Crippen LogP contribution is -2.43. The molecule has 0 unspecified atom stereocenters. The van der Waals surface area contributed by atoms with Crippen LogP contribution in [0, 0.1) is 12.8 Å². The Morgan fingerprint density at radius 3 is 2.64 bits per heavy atom. The number of carbonyl (C=O) groups is 2. The van der Waals surface area contributed by atoms with E-state index in [1.165, 1.54) is 12.5 Å². The SMILES string of the molecule is Cc1c([C@H](C)NC(=O)C2CCN(C(=O)c3ccoc3)CC2)cnn1C. The number of hydrogen-bond acceptors (Lipinski definition) is 4. The van der Waals surface area contributed by atoms with Gasteiger partial charge in [0.1, 0.15) is 6.26 Å². The largest absolute Gasteiger partial charge is 0.472 e. The van der Waals surface area contributed by atoms with Crippen molar-refractivity contribution >= 4 is 11.8 Å². The number of rotatable bonds is 4. The van der Waals surface area contributed by atoms with Crippen LogP contribution in [0.3, 0.4) is 0 Å². The molecule has 1 aliphatic rings. The predicted molar refractivity (Wildman–Crippen MR) is 91.8 cm³/mol. The third-order valence-electron chi connectivity index (χ3n) is 5.02. The Bertz CT molecular complexity index is 742. The molecule has 1 saturated heterocycles. The van der Waals surface area contributed by atoms with Crippen molar-refractivity contribution in [3.05, 3.63) is 41.6 Å². The fourth-order valence-corrected chi connectivity index (χ4v) is 3.26. The second-order valence-corrected chi connectivity index (χ2v) is 6.62. The standard InChI is InChI=1S/C18H24N4O3/c1-12(16-10-19-21(3)13(16)2)20-17(23)14-4-7-22(8-5-14)18(24)15-6-9-25-11-15/h6,9-12,14H,4-5,7-8H2,1-3H3,(H,20,23)/t12-/m0/s1.